The van der Waals surface area contributed by atoms with Crippen molar-refractivity contribution in [3.63, 3.8) is 0 Å². The van der Waals surface area contributed by atoms with Gasteiger partial charge < -0.3 is 20.5 Å². The van der Waals surface area contributed by atoms with Gasteiger partial charge >= 0.3 is 6.03 Å². The van der Waals surface area contributed by atoms with Gasteiger partial charge in [-0.2, -0.15) is 0 Å². The quantitative estimate of drug-likeness (QED) is 0.285. The monoisotopic (exact) mass is 531 g/mol. The molecule has 1 fully saturated rings. The molecule has 4 rings (SSSR count). The lowest BCUT2D eigenvalue weighted by Crippen LogP contribution is -2.50. The number of nitrogens with zero attached hydrogens (tertiary/aromatic N) is 1. The summed E-state index contributed by atoms with van der Waals surface area (Å²) in [5.41, 5.74) is 2.16. The first kappa shape index (κ1) is 26.7. The smallest absolute Gasteiger partial charge is 0.325 e. The summed E-state index contributed by atoms with van der Waals surface area (Å²) < 4.78 is 5.37. The average Bonchev–Trinajstić information content (AvgIpc) is 3.22. The molecule has 3 aromatic carbocycles. The van der Waals surface area contributed by atoms with Crippen LogP contribution in [0.15, 0.2) is 72.8 Å². The number of amides is 4. The average molecular weight is 532 g/mol. The van der Waals surface area contributed by atoms with Gasteiger partial charge in [-0.05, 0) is 41.5 Å². The Bertz CT molecular complexity index is 1370. The highest BCUT2D eigenvalue weighted by Gasteiger charge is 2.47. The molecule has 0 bridgehead atoms. The minimum absolute atomic E-state index is 0.129. The van der Waals surface area contributed by atoms with Crippen LogP contribution in [0.3, 0.4) is 0 Å². The van der Waals surface area contributed by atoms with E-state index in [1.54, 1.807) is 49.4 Å². The Morgan fingerprint density at radius 2 is 1.87 bits per heavy atom. The number of aliphatic hydroxyl groups excluding tert-OH is 1. The van der Waals surface area contributed by atoms with E-state index in [1.807, 2.05) is 30.3 Å². The first-order chi connectivity index (χ1) is 18.3. The molecule has 3 atom stereocenters. The lowest BCUT2D eigenvalue weighted by Gasteiger charge is -2.30. The minimum atomic E-state index is -1.18. The van der Waals surface area contributed by atoms with Crippen molar-refractivity contribution in [3.8, 4) is 18.1 Å². The van der Waals surface area contributed by atoms with Crippen molar-refractivity contribution in [2.75, 3.05) is 18.5 Å². The summed E-state index contributed by atoms with van der Waals surface area (Å²) in [5.74, 6) is 1.32. The number of ether oxygens (including phenoxy) is 1. The molecule has 1 aliphatic heterocycles. The zero-order chi connectivity index (χ0) is 27.2. The Kier molecular flexibility index (Phi) is 8.31. The predicted molar refractivity (Wildman–Crippen MR) is 144 cm³/mol. The third-order valence-corrected chi connectivity index (χ3v) is 6.60. The maximum atomic E-state index is 13.7. The first-order valence-corrected chi connectivity index (χ1v) is 12.3. The molecule has 4 amide bonds. The van der Waals surface area contributed by atoms with E-state index in [0.717, 1.165) is 10.5 Å². The van der Waals surface area contributed by atoms with Crippen LogP contribution in [-0.4, -0.2) is 47.1 Å². The van der Waals surface area contributed by atoms with Gasteiger partial charge in [0.1, 0.15) is 24.4 Å². The van der Waals surface area contributed by atoms with Gasteiger partial charge in [0.25, 0.3) is 5.91 Å². The number of halogens is 1. The number of imide groups is 1. The number of aliphatic hydroxyl groups is 1. The number of rotatable bonds is 9. The fourth-order valence-electron chi connectivity index (χ4n) is 4.32. The number of anilines is 1. The normalized spacial score (nSPS) is 16.4. The van der Waals surface area contributed by atoms with Crippen molar-refractivity contribution >= 4 is 35.1 Å². The van der Waals surface area contributed by atoms with Gasteiger partial charge in [-0.25, -0.2) is 9.69 Å². The van der Waals surface area contributed by atoms with Gasteiger partial charge in [-0.15, -0.1) is 6.42 Å². The molecule has 0 aliphatic carbocycles. The molecule has 0 saturated carbocycles. The second-order valence-corrected chi connectivity index (χ2v) is 9.11. The number of carbonyl (C=O) groups is 3. The predicted octanol–water partition coefficient (Wildman–Crippen LogP) is 4.10. The topological polar surface area (TPSA) is 108 Å². The molecule has 1 aliphatic rings. The lowest BCUT2D eigenvalue weighted by atomic mass is 9.91. The summed E-state index contributed by atoms with van der Waals surface area (Å²) in [6.07, 6.45) is 5.42. The molecule has 9 heteroatoms. The molecule has 0 radical (unpaired) electrons. The van der Waals surface area contributed by atoms with E-state index in [4.69, 9.17) is 27.9 Å². The third kappa shape index (κ3) is 5.65. The van der Waals surface area contributed by atoms with Crippen LogP contribution in [0.5, 0.6) is 5.75 Å². The molecular formula is C29H26ClN3O5. The van der Waals surface area contributed by atoms with Gasteiger partial charge in [-0.3, -0.25) is 9.59 Å². The number of hydrogen-bond donors (Lipinski definition) is 3. The van der Waals surface area contributed by atoms with Crippen LogP contribution < -0.4 is 15.4 Å². The Labute approximate surface area is 225 Å². The fourth-order valence-corrected chi connectivity index (χ4v) is 4.55. The standard InChI is InChI=1S/C29H26ClN3O5/c1-3-19-9-14-24(23(30)17-19)31-27(35)26(18(2)20-7-5-4-6-8-20)33-28(36)25(32-29(33)37)21-10-12-22(13-11-21)38-16-15-34/h1,4-14,17-18,25-26,34H,15-16H2,2H3,(H,31,35)(H,32,37)/t18?,25-,26?/m1/s1. The summed E-state index contributed by atoms with van der Waals surface area (Å²) in [6, 6.07) is 17.7. The zero-order valence-electron chi connectivity index (χ0n) is 20.6. The van der Waals surface area contributed by atoms with Crippen LogP contribution in [0.25, 0.3) is 0 Å². The van der Waals surface area contributed by atoms with Crippen LogP contribution >= 0.6 is 11.6 Å². The maximum Gasteiger partial charge on any atom is 0.325 e. The molecule has 8 nitrogen and oxygen atoms in total. The number of urea groups is 1. The number of carbonyl (C=O) groups excluding carboxylic acids is 3. The second kappa shape index (κ2) is 11.8. The van der Waals surface area contributed by atoms with E-state index in [0.29, 0.717) is 22.6 Å². The van der Waals surface area contributed by atoms with E-state index >= 15 is 0 Å². The molecule has 0 aromatic heterocycles. The summed E-state index contributed by atoms with van der Waals surface area (Å²) in [4.78, 5) is 41.4. The molecular weight excluding hydrogens is 506 g/mol. The Balaban J connectivity index is 1.64. The Hall–Kier alpha value is -4.32. The number of nitrogens with one attached hydrogen (secondary N) is 2. The first-order valence-electron chi connectivity index (χ1n) is 11.9. The van der Waals surface area contributed by atoms with Crippen molar-refractivity contribution in [2.24, 2.45) is 0 Å². The Morgan fingerprint density at radius 1 is 1.16 bits per heavy atom. The highest BCUT2D eigenvalue weighted by atomic mass is 35.5. The van der Waals surface area contributed by atoms with E-state index in [2.05, 4.69) is 16.6 Å². The van der Waals surface area contributed by atoms with E-state index in [9.17, 15) is 14.4 Å². The molecule has 194 valence electrons. The Morgan fingerprint density at radius 3 is 2.50 bits per heavy atom. The summed E-state index contributed by atoms with van der Waals surface area (Å²) in [5, 5.41) is 14.6. The van der Waals surface area contributed by atoms with Gasteiger partial charge in [-0.1, -0.05) is 66.9 Å². The van der Waals surface area contributed by atoms with Crippen LogP contribution in [0.4, 0.5) is 10.5 Å². The molecule has 3 N–H and O–H groups in total. The molecule has 1 saturated heterocycles. The van der Waals surface area contributed by atoms with Crippen molar-refractivity contribution in [1.29, 1.82) is 0 Å². The van der Waals surface area contributed by atoms with E-state index in [-0.39, 0.29) is 18.2 Å². The SMILES string of the molecule is C#Cc1ccc(NC(=O)C(C(C)c2ccccc2)N2C(=O)N[C@H](c3ccc(OCCO)cc3)C2=O)c(Cl)c1. The second-order valence-electron chi connectivity index (χ2n) is 8.70. The van der Waals surface area contributed by atoms with Crippen molar-refractivity contribution in [1.82, 2.24) is 10.2 Å². The van der Waals surface area contributed by atoms with Crippen molar-refractivity contribution in [2.45, 2.75) is 24.9 Å². The lowest BCUT2D eigenvalue weighted by molar-refractivity contribution is -0.134. The van der Waals surface area contributed by atoms with Crippen LogP contribution in [0, 0.1) is 12.3 Å². The third-order valence-electron chi connectivity index (χ3n) is 6.28. The molecule has 0 spiro atoms. The van der Waals surface area contributed by atoms with Crippen molar-refractivity contribution in [3.05, 3.63) is 94.5 Å². The summed E-state index contributed by atoms with van der Waals surface area (Å²) >= 11 is 6.32. The van der Waals surface area contributed by atoms with Gasteiger partial charge in [0.15, 0.2) is 0 Å². The summed E-state index contributed by atoms with van der Waals surface area (Å²) in [6.45, 7) is 1.79. The maximum absolute atomic E-state index is 13.7. The van der Waals surface area contributed by atoms with E-state index in [1.165, 1.54) is 0 Å². The molecule has 38 heavy (non-hydrogen) atoms. The highest BCUT2D eigenvalue weighted by Crippen LogP contribution is 2.32. The van der Waals surface area contributed by atoms with Gasteiger partial charge in [0.2, 0.25) is 5.91 Å². The molecule has 2 unspecified atom stereocenters. The number of terminal acetylenes is 1. The highest BCUT2D eigenvalue weighted by molar-refractivity contribution is 6.34. The zero-order valence-corrected chi connectivity index (χ0v) is 21.3. The number of hydrogen-bond acceptors (Lipinski definition) is 5. The molecule has 3 aromatic rings. The van der Waals surface area contributed by atoms with Crippen LogP contribution in [0.2, 0.25) is 5.02 Å². The van der Waals surface area contributed by atoms with Gasteiger partial charge in [0.05, 0.1) is 17.3 Å². The fraction of sp³-hybridized carbons (Fsp3) is 0.207. The van der Waals surface area contributed by atoms with Crippen molar-refractivity contribution < 1.29 is 24.2 Å². The molecule has 1 heterocycles. The summed E-state index contributed by atoms with van der Waals surface area (Å²) in [7, 11) is 0. The van der Waals surface area contributed by atoms with E-state index < -0.39 is 35.8 Å². The largest absolute Gasteiger partial charge is 0.491 e. The number of benzene rings is 3. The van der Waals surface area contributed by atoms with Crippen LogP contribution in [-0.2, 0) is 9.59 Å². The van der Waals surface area contributed by atoms with Crippen LogP contribution in [0.1, 0.15) is 35.6 Å². The van der Waals surface area contributed by atoms with Gasteiger partial charge in [0, 0.05) is 11.5 Å². The minimum Gasteiger partial charge on any atom is -0.491 e.